The number of carbonyl (C=O) groups excluding carboxylic acids is 2. The normalized spacial score (nSPS) is 12.8. The number of para-hydroxylation sites is 1. The molecule has 0 saturated heterocycles. The molecule has 31 heavy (non-hydrogen) atoms. The zero-order chi connectivity index (χ0) is 21.8. The number of methoxy groups -OCH3 is 1. The van der Waals surface area contributed by atoms with Gasteiger partial charge in [-0.1, -0.05) is 24.3 Å². The number of anilines is 1. The molecule has 1 aliphatic rings. The van der Waals surface area contributed by atoms with Crippen LogP contribution in [-0.2, 0) is 17.7 Å². The van der Waals surface area contributed by atoms with Crippen LogP contribution in [0.1, 0.15) is 28.7 Å². The molecule has 0 fully saturated rings. The summed E-state index contributed by atoms with van der Waals surface area (Å²) in [5.41, 5.74) is 3.39. The third-order valence-corrected chi connectivity index (χ3v) is 5.14. The molecular formula is C23H24N4O4. The summed E-state index contributed by atoms with van der Waals surface area (Å²) < 4.78 is 12.2. The van der Waals surface area contributed by atoms with Crippen LogP contribution in [0.4, 0.5) is 10.5 Å². The summed E-state index contributed by atoms with van der Waals surface area (Å²) in [6.07, 6.45) is 0.572. The first-order valence-electron chi connectivity index (χ1n) is 10.1. The van der Waals surface area contributed by atoms with E-state index >= 15 is 0 Å². The Hall–Kier alpha value is -3.81. The number of benzene rings is 2. The number of urea groups is 1. The smallest absolute Gasteiger partial charge is 0.359 e. The lowest BCUT2D eigenvalue weighted by Gasteiger charge is -2.28. The number of carbonyl (C=O) groups is 2. The van der Waals surface area contributed by atoms with E-state index < -0.39 is 5.97 Å². The largest absolute Gasteiger partial charge is 0.497 e. The van der Waals surface area contributed by atoms with E-state index in [-0.39, 0.29) is 24.9 Å². The van der Waals surface area contributed by atoms with E-state index in [1.807, 2.05) is 42.5 Å². The first kappa shape index (κ1) is 20.5. The van der Waals surface area contributed by atoms with E-state index in [1.165, 1.54) is 0 Å². The van der Waals surface area contributed by atoms with Crippen LogP contribution in [0.15, 0.2) is 54.6 Å². The van der Waals surface area contributed by atoms with Crippen LogP contribution in [0.25, 0.3) is 5.69 Å². The van der Waals surface area contributed by atoms with E-state index in [2.05, 4.69) is 10.4 Å². The van der Waals surface area contributed by atoms with E-state index in [1.54, 1.807) is 35.7 Å². The molecule has 8 heteroatoms. The molecule has 2 amide bonds. The van der Waals surface area contributed by atoms with Crippen LogP contribution in [-0.4, -0.2) is 46.9 Å². The molecule has 3 aromatic rings. The van der Waals surface area contributed by atoms with Gasteiger partial charge in [0.05, 0.1) is 31.6 Å². The third-order valence-electron chi connectivity index (χ3n) is 5.14. The molecule has 2 heterocycles. The van der Waals surface area contributed by atoms with Crippen molar-refractivity contribution >= 4 is 17.7 Å². The first-order valence-corrected chi connectivity index (χ1v) is 10.1. The van der Waals surface area contributed by atoms with Gasteiger partial charge in [0.15, 0.2) is 5.69 Å². The fourth-order valence-electron chi connectivity index (χ4n) is 3.64. The number of fused-ring (bicyclic) bond motifs is 1. The van der Waals surface area contributed by atoms with Crippen LogP contribution >= 0.6 is 0 Å². The number of esters is 1. The van der Waals surface area contributed by atoms with Gasteiger partial charge in [-0.05, 0) is 31.2 Å². The Bertz CT molecular complexity index is 1090. The second-order valence-electron chi connectivity index (χ2n) is 7.08. The van der Waals surface area contributed by atoms with Crippen LogP contribution < -0.4 is 10.1 Å². The van der Waals surface area contributed by atoms with Crippen molar-refractivity contribution < 1.29 is 19.1 Å². The van der Waals surface area contributed by atoms with Crippen molar-refractivity contribution in [1.29, 1.82) is 0 Å². The monoisotopic (exact) mass is 420 g/mol. The average Bonchev–Trinajstić information content (AvgIpc) is 3.19. The van der Waals surface area contributed by atoms with Crippen LogP contribution in [0, 0.1) is 0 Å². The molecular weight excluding hydrogens is 396 g/mol. The Morgan fingerprint density at radius 2 is 1.94 bits per heavy atom. The zero-order valence-electron chi connectivity index (χ0n) is 17.5. The number of amides is 2. The van der Waals surface area contributed by atoms with Gasteiger partial charge in [0.2, 0.25) is 0 Å². The van der Waals surface area contributed by atoms with Crippen LogP contribution in [0.3, 0.4) is 0 Å². The van der Waals surface area contributed by atoms with Crippen molar-refractivity contribution in [3.05, 3.63) is 71.5 Å². The van der Waals surface area contributed by atoms with Crippen molar-refractivity contribution in [2.45, 2.75) is 19.9 Å². The van der Waals surface area contributed by atoms with Crippen molar-refractivity contribution in [3.8, 4) is 11.4 Å². The lowest BCUT2D eigenvalue weighted by molar-refractivity contribution is 0.0516. The molecule has 0 spiro atoms. The van der Waals surface area contributed by atoms with Gasteiger partial charge in [-0.15, -0.1) is 0 Å². The summed E-state index contributed by atoms with van der Waals surface area (Å²) >= 11 is 0. The Morgan fingerprint density at radius 3 is 2.68 bits per heavy atom. The Morgan fingerprint density at radius 1 is 1.13 bits per heavy atom. The summed E-state index contributed by atoms with van der Waals surface area (Å²) in [5.74, 6) is 0.177. The minimum Gasteiger partial charge on any atom is -0.497 e. The van der Waals surface area contributed by atoms with Crippen LogP contribution in [0.2, 0.25) is 0 Å². The van der Waals surface area contributed by atoms with Gasteiger partial charge in [0, 0.05) is 30.3 Å². The summed E-state index contributed by atoms with van der Waals surface area (Å²) in [6, 6.07) is 16.6. The second kappa shape index (κ2) is 8.91. The van der Waals surface area contributed by atoms with Gasteiger partial charge >= 0.3 is 12.0 Å². The van der Waals surface area contributed by atoms with E-state index in [0.717, 1.165) is 11.4 Å². The van der Waals surface area contributed by atoms with Gasteiger partial charge in [0.25, 0.3) is 0 Å². The van der Waals surface area contributed by atoms with Crippen LogP contribution in [0.5, 0.6) is 5.75 Å². The highest BCUT2D eigenvalue weighted by atomic mass is 16.5. The Kier molecular flexibility index (Phi) is 5.88. The number of nitrogens with zero attached hydrogens (tertiary/aromatic N) is 3. The molecule has 0 unspecified atom stereocenters. The summed E-state index contributed by atoms with van der Waals surface area (Å²) in [4.78, 5) is 27.1. The number of nitrogens with one attached hydrogen (secondary N) is 1. The Balaban J connectivity index is 1.61. The predicted octanol–water partition coefficient (Wildman–Crippen LogP) is 3.65. The standard InChI is InChI=1S/C23H24N4O4/c1-3-31-22(28)21-19-15-26(23(29)24-16-8-7-11-18(14-16)30-2)13-12-20(19)27(25-21)17-9-5-4-6-10-17/h4-11,14H,3,12-13,15H2,1-2H3,(H,24,29). The van der Waals surface area contributed by atoms with Gasteiger partial charge in [-0.3, -0.25) is 0 Å². The number of aromatic nitrogens is 2. The summed E-state index contributed by atoms with van der Waals surface area (Å²) in [6.45, 7) is 2.79. The number of rotatable bonds is 5. The lowest BCUT2D eigenvalue weighted by Crippen LogP contribution is -2.39. The minimum absolute atomic E-state index is 0.249. The molecule has 160 valence electrons. The molecule has 1 aromatic heterocycles. The third kappa shape index (κ3) is 4.23. The number of ether oxygens (including phenoxy) is 2. The number of hydrogen-bond donors (Lipinski definition) is 1. The SMILES string of the molecule is CCOC(=O)c1nn(-c2ccccc2)c2c1CN(C(=O)Nc1cccc(OC)c1)CC2. The highest BCUT2D eigenvalue weighted by Crippen LogP contribution is 2.27. The molecule has 2 aromatic carbocycles. The molecule has 0 radical (unpaired) electrons. The topological polar surface area (TPSA) is 85.7 Å². The van der Waals surface area contributed by atoms with Gasteiger partial charge in [-0.25, -0.2) is 14.3 Å². The Labute approximate surface area is 180 Å². The minimum atomic E-state index is -0.483. The first-order chi connectivity index (χ1) is 15.1. The predicted molar refractivity (Wildman–Crippen MR) is 116 cm³/mol. The molecule has 4 rings (SSSR count). The fourth-order valence-corrected chi connectivity index (χ4v) is 3.64. The maximum absolute atomic E-state index is 12.9. The molecule has 8 nitrogen and oxygen atoms in total. The van der Waals surface area contributed by atoms with E-state index in [4.69, 9.17) is 9.47 Å². The van der Waals surface area contributed by atoms with Crippen molar-refractivity contribution in [2.24, 2.45) is 0 Å². The van der Waals surface area contributed by atoms with E-state index in [9.17, 15) is 9.59 Å². The second-order valence-corrected chi connectivity index (χ2v) is 7.08. The zero-order valence-corrected chi connectivity index (χ0v) is 17.5. The van der Waals surface area contributed by atoms with Crippen molar-refractivity contribution in [3.63, 3.8) is 0 Å². The lowest BCUT2D eigenvalue weighted by atomic mass is 10.0. The van der Waals surface area contributed by atoms with Gasteiger partial charge in [-0.2, -0.15) is 5.10 Å². The van der Waals surface area contributed by atoms with Crippen molar-refractivity contribution in [2.75, 3.05) is 25.6 Å². The summed E-state index contributed by atoms with van der Waals surface area (Å²) in [7, 11) is 1.58. The molecule has 0 aliphatic carbocycles. The fraction of sp³-hybridized carbons (Fsp3) is 0.261. The molecule has 0 atom stereocenters. The van der Waals surface area contributed by atoms with E-state index in [0.29, 0.717) is 30.0 Å². The van der Waals surface area contributed by atoms with Gasteiger partial charge < -0.3 is 19.7 Å². The molecule has 1 N–H and O–H groups in total. The van der Waals surface area contributed by atoms with Crippen molar-refractivity contribution in [1.82, 2.24) is 14.7 Å². The highest BCUT2D eigenvalue weighted by Gasteiger charge is 2.31. The summed E-state index contributed by atoms with van der Waals surface area (Å²) in [5, 5.41) is 7.44. The molecule has 0 saturated carbocycles. The molecule has 1 aliphatic heterocycles. The maximum atomic E-state index is 12.9. The molecule has 0 bridgehead atoms. The maximum Gasteiger partial charge on any atom is 0.359 e. The van der Waals surface area contributed by atoms with Gasteiger partial charge in [0.1, 0.15) is 5.75 Å². The average molecular weight is 420 g/mol. The highest BCUT2D eigenvalue weighted by molar-refractivity contribution is 5.91. The quantitative estimate of drug-likeness (QED) is 0.637. The number of hydrogen-bond acceptors (Lipinski definition) is 5.